The molecule has 0 bridgehead atoms. The molecule has 1 saturated carbocycles. The molecule has 0 aliphatic heterocycles. The van der Waals surface area contributed by atoms with Gasteiger partial charge in [-0.15, -0.1) is 0 Å². The number of aliphatic carboxylic acids is 1. The predicted octanol–water partition coefficient (Wildman–Crippen LogP) is 3.22. The first-order valence-electron chi connectivity index (χ1n) is 4.13. The molecule has 0 aromatic carbocycles. The van der Waals surface area contributed by atoms with Crippen molar-refractivity contribution in [3.8, 4) is 0 Å². The number of hydrogen-bond acceptors (Lipinski definition) is 1. The second-order valence-electron chi connectivity index (χ2n) is 4.11. The van der Waals surface area contributed by atoms with Crippen LogP contribution in [-0.4, -0.2) is 11.1 Å². The predicted molar refractivity (Wildman–Crippen MR) is 57.3 cm³/mol. The Morgan fingerprint density at radius 1 is 1.29 bits per heavy atom. The molecule has 2 nitrogen and oxygen atoms in total. The molecule has 1 unspecified atom stereocenters. The van der Waals surface area contributed by atoms with Crippen LogP contribution in [0.1, 0.15) is 13.8 Å². The zero-order valence-corrected chi connectivity index (χ0v) is 9.61. The van der Waals surface area contributed by atoms with Crippen molar-refractivity contribution in [1.82, 2.24) is 0 Å². The molecular weight excluding hydrogens is 223 g/mol. The average molecular weight is 235 g/mol. The van der Waals surface area contributed by atoms with Crippen LogP contribution in [0, 0.1) is 16.7 Å². The lowest BCUT2D eigenvalue weighted by atomic mass is 9.95. The topological polar surface area (TPSA) is 37.3 Å². The maximum atomic E-state index is 11.0. The average Bonchev–Trinajstić information content (AvgIpc) is 2.48. The van der Waals surface area contributed by atoms with Gasteiger partial charge < -0.3 is 5.11 Å². The van der Waals surface area contributed by atoms with Gasteiger partial charge in [0.25, 0.3) is 0 Å². The van der Waals surface area contributed by atoms with Crippen molar-refractivity contribution in [2.45, 2.75) is 13.8 Å². The second kappa shape index (κ2) is 3.01. The maximum Gasteiger partial charge on any atom is 0.308 e. The van der Waals surface area contributed by atoms with Gasteiger partial charge in [-0.2, -0.15) is 0 Å². The number of rotatable bonds is 3. The van der Waals surface area contributed by atoms with Crippen molar-refractivity contribution in [2.75, 3.05) is 0 Å². The minimum atomic E-state index is -0.918. The van der Waals surface area contributed by atoms with E-state index in [9.17, 15) is 4.79 Å². The van der Waals surface area contributed by atoms with Gasteiger partial charge in [-0.05, 0) is 5.41 Å². The summed E-state index contributed by atoms with van der Waals surface area (Å²) in [5.74, 6) is -1.55. The van der Waals surface area contributed by atoms with E-state index in [1.54, 1.807) is 13.8 Å². The Morgan fingerprint density at radius 2 is 1.64 bits per heavy atom. The third-order valence-corrected chi connectivity index (χ3v) is 3.79. The summed E-state index contributed by atoms with van der Waals surface area (Å²) in [6.45, 7) is 10.8. The lowest BCUT2D eigenvalue weighted by Gasteiger charge is -2.16. The molecule has 0 saturated heterocycles. The quantitative estimate of drug-likeness (QED) is 0.815. The van der Waals surface area contributed by atoms with Crippen LogP contribution in [0.15, 0.2) is 23.2 Å². The smallest absolute Gasteiger partial charge is 0.308 e. The van der Waals surface area contributed by atoms with Crippen molar-refractivity contribution in [1.29, 1.82) is 0 Å². The number of carboxylic acid groups (broad SMARTS) is 1. The fraction of sp³-hybridized carbons (Fsp3) is 0.500. The molecule has 1 N–H and O–H groups in total. The Morgan fingerprint density at radius 3 is 1.71 bits per heavy atom. The Labute approximate surface area is 93.2 Å². The zero-order valence-electron chi connectivity index (χ0n) is 8.10. The molecule has 1 atom stereocenters. The molecule has 0 aromatic heterocycles. The molecule has 1 rings (SSSR count). The van der Waals surface area contributed by atoms with Crippen LogP contribution in [0.2, 0.25) is 0 Å². The number of allylic oxidation sites excluding steroid dienone is 2. The van der Waals surface area contributed by atoms with Crippen LogP contribution in [0.25, 0.3) is 0 Å². The molecule has 78 valence electrons. The number of carbonyl (C=O) groups is 1. The van der Waals surface area contributed by atoms with E-state index in [1.807, 2.05) is 0 Å². The van der Waals surface area contributed by atoms with E-state index in [0.29, 0.717) is 0 Å². The Hall–Kier alpha value is -0.470. The number of carboxylic acids is 1. The van der Waals surface area contributed by atoms with Gasteiger partial charge in [-0.25, -0.2) is 0 Å². The largest absolute Gasteiger partial charge is 0.481 e. The molecule has 0 aromatic rings. The van der Waals surface area contributed by atoms with Crippen molar-refractivity contribution >= 4 is 29.2 Å². The van der Waals surface area contributed by atoms with Gasteiger partial charge in [0.1, 0.15) is 0 Å². The first-order chi connectivity index (χ1) is 6.20. The first-order valence-corrected chi connectivity index (χ1v) is 4.88. The van der Waals surface area contributed by atoms with Crippen LogP contribution in [-0.2, 0) is 4.79 Å². The number of halogens is 2. The highest BCUT2D eigenvalue weighted by atomic mass is 35.5. The Bertz CT molecular complexity index is 317. The monoisotopic (exact) mass is 234 g/mol. The van der Waals surface area contributed by atoms with E-state index in [1.165, 1.54) is 0 Å². The molecule has 1 aliphatic rings. The summed E-state index contributed by atoms with van der Waals surface area (Å²) in [6, 6.07) is 0. The fourth-order valence-corrected chi connectivity index (χ4v) is 3.40. The molecule has 0 heterocycles. The van der Waals surface area contributed by atoms with Crippen LogP contribution in [0.5, 0.6) is 0 Å². The molecular formula is C10H12Cl2O2. The number of hydrogen-bond donors (Lipinski definition) is 1. The molecule has 4 heteroatoms. The third kappa shape index (κ3) is 1.07. The first kappa shape index (κ1) is 11.6. The summed E-state index contributed by atoms with van der Waals surface area (Å²) in [5, 5.41) is 9.51. The summed E-state index contributed by atoms with van der Waals surface area (Å²) < 4.78 is 0. The van der Waals surface area contributed by atoms with Gasteiger partial charge in [0.05, 0.1) is 11.3 Å². The van der Waals surface area contributed by atoms with E-state index in [-0.39, 0.29) is 10.1 Å². The SMILES string of the molecule is C=C(Cl)C1(C(=C)Cl)C(C(=O)O)C1(C)C. The summed E-state index contributed by atoms with van der Waals surface area (Å²) in [7, 11) is 0. The van der Waals surface area contributed by atoms with Gasteiger partial charge >= 0.3 is 5.97 Å². The molecule has 1 aliphatic carbocycles. The summed E-state index contributed by atoms with van der Waals surface area (Å²) in [4.78, 5) is 11.0. The van der Waals surface area contributed by atoms with Gasteiger partial charge in [-0.1, -0.05) is 50.2 Å². The summed E-state index contributed by atoms with van der Waals surface area (Å²) >= 11 is 11.7. The van der Waals surface area contributed by atoms with Gasteiger partial charge in [0, 0.05) is 10.1 Å². The summed E-state index contributed by atoms with van der Waals surface area (Å²) in [5.41, 5.74) is -1.39. The van der Waals surface area contributed by atoms with Crippen molar-refractivity contribution in [3.05, 3.63) is 23.2 Å². The maximum absolute atomic E-state index is 11.0. The van der Waals surface area contributed by atoms with Crippen molar-refractivity contribution < 1.29 is 9.90 Å². The van der Waals surface area contributed by atoms with Crippen LogP contribution in [0.4, 0.5) is 0 Å². The van der Waals surface area contributed by atoms with E-state index < -0.39 is 22.7 Å². The van der Waals surface area contributed by atoms with E-state index in [4.69, 9.17) is 28.3 Å². The lowest BCUT2D eigenvalue weighted by Crippen LogP contribution is -2.11. The van der Waals surface area contributed by atoms with Crippen LogP contribution in [0.3, 0.4) is 0 Å². The third-order valence-electron chi connectivity index (χ3n) is 3.19. The molecule has 1 fully saturated rings. The fourth-order valence-electron chi connectivity index (χ4n) is 2.42. The molecule has 14 heavy (non-hydrogen) atoms. The van der Waals surface area contributed by atoms with Gasteiger partial charge in [-0.3, -0.25) is 4.79 Å². The van der Waals surface area contributed by atoms with Crippen LogP contribution >= 0.6 is 23.2 Å². The molecule has 0 amide bonds. The summed E-state index contributed by atoms with van der Waals surface area (Å²) in [6.07, 6.45) is 0. The van der Waals surface area contributed by atoms with Crippen LogP contribution < -0.4 is 0 Å². The minimum absolute atomic E-state index is 0.245. The highest BCUT2D eigenvalue weighted by Gasteiger charge is 2.77. The van der Waals surface area contributed by atoms with Crippen molar-refractivity contribution in [2.24, 2.45) is 16.7 Å². The highest BCUT2D eigenvalue weighted by Crippen LogP contribution is 2.76. The van der Waals surface area contributed by atoms with E-state index in [2.05, 4.69) is 13.2 Å². The lowest BCUT2D eigenvalue weighted by molar-refractivity contribution is -0.139. The zero-order chi connectivity index (χ0) is 11.3. The van der Waals surface area contributed by atoms with E-state index in [0.717, 1.165) is 0 Å². The normalized spacial score (nSPS) is 26.7. The standard InChI is InChI=1S/C10H12Cl2O2/c1-5(11)10(6(2)12)7(8(13)14)9(10,3)4/h7H,1-2H2,3-4H3,(H,13,14). The van der Waals surface area contributed by atoms with Crippen molar-refractivity contribution in [3.63, 3.8) is 0 Å². The minimum Gasteiger partial charge on any atom is -0.481 e. The van der Waals surface area contributed by atoms with E-state index >= 15 is 0 Å². The molecule has 0 spiro atoms. The van der Waals surface area contributed by atoms with Gasteiger partial charge in [0.15, 0.2) is 0 Å². The molecule has 0 radical (unpaired) electrons. The Balaban J connectivity index is 3.24. The Kier molecular flexibility index (Phi) is 2.49. The second-order valence-corrected chi connectivity index (χ2v) is 5.02. The highest BCUT2D eigenvalue weighted by molar-refractivity contribution is 6.36. The van der Waals surface area contributed by atoms with Gasteiger partial charge in [0.2, 0.25) is 0 Å².